The van der Waals surface area contributed by atoms with Crippen LogP contribution in [0, 0.1) is 5.92 Å². The summed E-state index contributed by atoms with van der Waals surface area (Å²) < 4.78 is 0. The maximum Gasteiger partial charge on any atom is 0.335 e. The maximum absolute atomic E-state index is 11.9. The Bertz CT molecular complexity index is 471. The molecule has 3 N–H and O–H groups in total. The topological polar surface area (TPSA) is 86.6 Å². The molecular formula is C15H21NO4. The molecule has 0 heterocycles. The van der Waals surface area contributed by atoms with Crippen molar-refractivity contribution in [3.05, 3.63) is 35.4 Å². The van der Waals surface area contributed by atoms with Gasteiger partial charge < -0.3 is 15.5 Å². The fourth-order valence-electron chi connectivity index (χ4n) is 2.08. The van der Waals surface area contributed by atoms with Crippen LogP contribution in [0.1, 0.15) is 36.2 Å². The molecule has 0 aromatic heterocycles. The van der Waals surface area contributed by atoms with Crippen LogP contribution in [0.15, 0.2) is 24.3 Å². The molecule has 0 fully saturated rings. The molecule has 1 aromatic rings. The number of aromatic carboxylic acids is 1. The Morgan fingerprint density at radius 3 is 2.45 bits per heavy atom. The van der Waals surface area contributed by atoms with Crippen molar-refractivity contribution in [2.45, 2.75) is 32.7 Å². The predicted octanol–water partition coefficient (Wildman–Crippen LogP) is 1.45. The molecule has 0 bridgehead atoms. The zero-order valence-electron chi connectivity index (χ0n) is 11.8. The maximum atomic E-state index is 11.9. The van der Waals surface area contributed by atoms with Crippen LogP contribution < -0.4 is 5.32 Å². The molecule has 0 aliphatic carbocycles. The van der Waals surface area contributed by atoms with Crippen LogP contribution in [0.3, 0.4) is 0 Å². The van der Waals surface area contributed by atoms with Crippen molar-refractivity contribution >= 4 is 11.9 Å². The number of hydrogen-bond acceptors (Lipinski definition) is 3. The van der Waals surface area contributed by atoms with E-state index in [2.05, 4.69) is 5.32 Å². The van der Waals surface area contributed by atoms with E-state index in [1.54, 1.807) is 18.2 Å². The van der Waals surface area contributed by atoms with E-state index in [1.807, 2.05) is 13.8 Å². The Morgan fingerprint density at radius 1 is 1.25 bits per heavy atom. The third-order valence-electron chi connectivity index (χ3n) is 2.94. The molecule has 1 amide bonds. The molecule has 0 saturated carbocycles. The van der Waals surface area contributed by atoms with Crippen molar-refractivity contribution in [3.63, 3.8) is 0 Å². The number of carbonyl (C=O) groups excluding carboxylic acids is 1. The van der Waals surface area contributed by atoms with Gasteiger partial charge >= 0.3 is 5.97 Å². The molecule has 110 valence electrons. The summed E-state index contributed by atoms with van der Waals surface area (Å²) in [7, 11) is 0. The van der Waals surface area contributed by atoms with Gasteiger partial charge in [-0.1, -0.05) is 32.0 Å². The Hall–Kier alpha value is -1.88. The van der Waals surface area contributed by atoms with Gasteiger partial charge in [0.2, 0.25) is 5.91 Å². The second-order valence-electron chi connectivity index (χ2n) is 5.22. The first-order chi connectivity index (χ1) is 9.43. The van der Waals surface area contributed by atoms with Crippen LogP contribution >= 0.6 is 0 Å². The summed E-state index contributed by atoms with van der Waals surface area (Å²) in [5, 5.41) is 21.0. The highest BCUT2D eigenvalue weighted by Gasteiger charge is 2.16. The van der Waals surface area contributed by atoms with Crippen molar-refractivity contribution in [1.82, 2.24) is 5.32 Å². The number of aliphatic hydroxyl groups is 1. The number of hydrogen-bond donors (Lipinski definition) is 3. The predicted molar refractivity (Wildman–Crippen MR) is 75.6 cm³/mol. The average molecular weight is 279 g/mol. The van der Waals surface area contributed by atoms with Gasteiger partial charge in [0, 0.05) is 0 Å². The van der Waals surface area contributed by atoms with E-state index < -0.39 is 5.97 Å². The van der Waals surface area contributed by atoms with E-state index in [0.717, 1.165) is 0 Å². The van der Waals surface area contributed by atoms with E-state index in [9.17, 15) is 14.7 Å². The van der Waals surface area contributed by atoms with Gasteiger partial charge in [0.25, 0.3) is 0 Å². The van der Waals surface area contributed by atoms with Crippen molar-refractivity contribution < 1.29 is 19.8 Å². The molecule has 5 heteroatoms. The molecule has 0 saturated heterocycles. The number of rotatable bonds is 7. The highest BCUT2D eigenvalue weighted by Crippen LogP contribution is 2.10. The smallest absolute Gasteiger partial charge is 0.335 e. The lowest BCUT2D eigenvalue weighted by Gasteiger charge is -2.18. The molecule has 1 unspecified atom stereocenters. The van der Waals surface area contributed by atoms with Crippen molar-refractivity contribution in [2.24, 2.45) is 5.92 Å². The second kappa shape index (κ2) is 7.65. The fourth-order valence-corrected chi connectivity index (χ4v) is 2.08. The van der Waals surface area contributed by atoms with E-state index in [0.29, 0.717) is 17.9 Å². The highest BCUT2D eigenvalue weighted by atomic mass is 16.4. The minimum Gasteiger partial charge on any atom is -0.478 e. The summed E-state index contributed by atoms with van der Waals surface area (Å²) in [6.45, 7) is 3.90. The summed E-state index contributed by atoms with van der Waals surface area (Å²) in [5.41, 5.74) is 0.603. The van der Waals surface area contributed by atoms with E-state index in [1.165, 1.54) is 6.07 Å². The van der Waals surface area contributed by atoms with Gasteiger partial charge in [0.15, 0.2) is 0 Å². The van der Waals surface area contributed by atoms with Crippen LogP contribution in [0.25, 0.3) is 0 Å². The number of amides is 1. The molecular weight excluding hydrogens is 258 g/mol. The number of aliphatic hydroxyl groups excluding tert-OH is 1. The van der Waals surface area contributed by atoms with E-state index in [4.69, 9.17) is 5.11 Å². The Morgan fingerprint density at radius 2 is 1.90 bits per heavy atom. The number of carbonyl (C=O) groups is 2. The molecule has 1 aromatic carbocycles. The Kier molecular flexibility index (Phi) is 6.18. The van der Waals surface area contributed by atoms with Gasteiger partial charge in [0.1, 0.15) is 0 Å². The van der Waals surface area contributed by atoms with Crippen LogP contribution in [-0.2, 0) is 11.2 Å². The third kappa shape index (κ3) is 5.01. The lowest BCUT2D eigenvalue weighted by Crippen LogP contribution is -2.39. The van der Waals surface area contributed by atoms with Gasteiger partial charge in [0.05, 0.1) is 24.6 Å². The van der Waals surface area contributed by atoms with Crippen molar-refractivity contribution in [3.8, 4) is 0 Å². The first-order valence-corrected chi connectivity index (χ1v) is 6.65. The van der Waals surface area contributed by atoms with Crippen LogP contribution in [0.2, 0.25) is 0 Å². The first-order valence-electron chi connectivity index (χ1n) is 6.65. The first kappa shape index (κ1) is 16.2. The van der Waals surface area contributed by atoms with Crippen molar-refractivity contribution in [2.75, 3.05) is 6.61 Å². The fraction of sp³-hybridized carbons (Fsp3) is 0.467. The molecule has 0 spiro atoms. The number of carboxylic acids is 1. The number of nitrogens with one attached hydrogen (secondary N) is 1. The zero-order valence-corrected chi connectivity index (χ0v) is 11.8. The second-order valence-corrected chi connectivity index (χ2v) is 5.22. The molecule has 0 aliphatic heterocycles. The molecule has 0 radical (unpaired) electrons. The monoisotopic (exact) mass is 279 g/mol. The summed E-state index contributed by atoms with van der Waals surface area (Å²) in [5.74, 6) is -0.966. The van der Waals surface area contributed by atoms with Crippen LogP contribution in [0.4, 0.5) is 0 Å². The Balaban J connectivity index is 2.69. The lowest BCUT2D eigenvalue weighted by molar-refractivity contribution is -0.121. The molecule has 1 rings (SSSR count). The zero-order chi connectivity index (χ0) is 15.1. The lowest BCUT2D eigenvalue weighted by atomic mass is 10.0. The van der Waals surface area contributed by atoms with Gasteiger partial charge in [-0.3, -0.25) is 4.79 Å². The Labute approximate surface area is 118 Å². The molecule has 5 nitrogen and oxygen atoms in total. The standard InChI is InChI=1S/C15H21NO4/c1-10(2)7-12(9-17)16-14(18)8-11-5-3-4-6-13(11)15(19)20/h3-6,10,12,17H,7-9H2,1-2H3,(H,16,18)(H,19,20). The summed E-state index contributed by atoms with van der Waals surface area (Å²) >= 11 is 0. The minimum atomic E-state index is -1.05. The van der Waals surface area contributed by atoms with Crippen LogP contribution in [0.5, 0.6) is 0 Å². The highest BCUT2D eigenvalue weighted by molar-refractivity contribution is 5.91. The number of benzene rings is 1. The quantitative estimate of drug-likeness (QED) is 0.705. The summed E-state index contributed by atoms with van der Waals surface area (Å²) in [6, 6.07) is 6.13. The van der Waals surface area contributed by atoms with Gasteiger partial charge in [-0.25, -0.2) is 4.79 Å². The average Bonchev–Trinajstić information content (AvgIpc) is 2.37. The molecule has 1 atom stereocenters. The van der Waals surface area contributed by atoms with Crippen molar-refractivity contribution in [1.29, 1.82) is 0 Å². The normalized spacial score (nSPS) is 12.2. The van der Waals surface area contributed by atoms with E-state index in [-0.39, 0.29) is 30.5 Å². The minimum absolute atomic E-state index is 0.00291. The summed E-state index contributed by atoms with van der Waals surface area (Å²) in [6.07, 6.45) is 0.680. The van der Waals surface area contributed by atoms with Gasteiger partial charge in [-0.2, -0.15) is 0 Å². The molecule has 0 aliphatic rings. The largest absolute Gasteiger partial charge is 0.478 e. The third-order valence-corrected chi connectivity index (χ3v) is 2.94. The van der Waals surface area contributed by atoms with Gasteiger partial charge in [-0.15, -0.1) is 0 Å². The van der Waals surface area contributed by atoms with E-state index >= 15 is 0 Å². The van der Waals surface area contributed by atoms with Crippen LogP contribution in [-0.4, -0.2) is 34.7 Å². The molecule has 20 heavy (non-hydrogen) atoms. The number of carboxylic acid groups (broad SMARTS) is 1. The van der Waals surface area contributed by atoms with Gasteiger partial charge in [-0.05, 0) is 24.0 Å². The SMILES string of the molecule is CC(C)CC(CO)NC(=O)Cc1ccccc1C(=O)O. The summed E-state index contributed by atoms with van der Waals surface area (Å²) in [4.78, 5) is 23.0.